The average molecular weight is 433 g/mol. The molecule has 2 saturated heterocycles. The number of rotatable bonds is 4. The van der Waals surface area contributed by atoms with Gasteiger partial charge in [0.2, 0.25) is 5.89 Å². The molecule has 7 nitrogen and oxygen atoms in total. The lowest BCUT2D eigenvalue weighted by Crippen LogP contribution is -2.54. The molecule has 0 bridgehead atoms. The Morgan fingerprint density at radius 3 is 2.03 bits per heavy atom. The van der Waals surface area contributed by atoms with Gasteiger partial charge in [-0.25, -0.2) is 9.78 Å². The molecule has 2 aliphatic heterocycles. The highest BCUT2D eigenvalue weighted by atomic mass is 16.5. The molecule has 2 aliphatic rings. The van der Waals surface area contributed by atoms with Crippen LogP contribution in [0.5, 0.6) is 0 Å². The molecule has 0 radical (unpaired) electrons. The lowest BCUT2D eigenvalue weighted by atomic mass is 10.1. The Morgan fingerprint density at radius 1 is 0.781 bits per heavy atom. The summed E-state index contributed by atoms with van der Waals surface area (Å²) in [6.45, 7) is 6.29. The van der Waals surface area contributed by atoms with Crippen LogP contribution < -0.4 is 0 Å². The van der Waals surface area contributed by atoms with Crippen LogP contribution >= 0.6 is 0 Å². The van der Waals surface area contributed by atoms with Gasteiger partial charge in [0.1, 0.15) is 5.69 Å². The molecule has 3 aromatic rings. The van der Waals surface area contributed by atoms with Gasteiger partial charge in [-0.1, -0.05) is 60.7 Å². The zero-order valence-corrected chi connectivity index (χ0v) is 18.2. The number of amides is 2. The van der Waals surface area contributed by atoms with E-state index in [1.165, 1.54) is 0 Å². The molecule has 1 aromatic heterocycles. The van der Waals surface area contributed by atoms with Gasteiger partial charge in [0.05, 0.1) is 19.8 Å². The van der Waals surface area contributed by atoms with Crippen molar-refractivity contribution in [3.63, 3.8) is 0 Å². The van der Waals surface area contributed by atoms with Gasteiger partial charge in [-0.15, -0.1) is 0 Å². The number of urea groups is 1. The van der Waals surface area contributed by atoms with Crippen LogP contribution in [-0.4, -0.2) is 78.2 Å². The molecule has 2 aromatic carbocycles. The third-order valence-electron chi connectivity index (χ3n) is 6.04. The summed E-state index contributed by atoms with van der Waals surface area (Å²) in [6, 6.07) is 20.4. The van der Waals surface area contributed by atoms with Gasteiger partial charge in [0.25, 0.3) is 0 Å². The van der Waals surface area contributed by atoms with Crippen molar-refractivity contribution in [2.24, 2.45) is 0 Å². The van der Waals surface area contributed by atoms with Crippen molar-refractivity contribution in [2.75, 3.05) is 52.5 Å². The summed E-state index contributed by atoms with van der Waals surface area (Å²) in [7, 11) is 0. The molecule has 2 amide bonds. The van der Waals surface area contributed by atoms with Crippen LogP contribution in [0.2, 0.25) is 0 Å². The summed E-state index contributed by atoms with van der Waals surface area (Å²) in [5.74, 6) is 1.50. The average Bonchev–Trinajstić information content (AvgIpc) is 3.29. The summed E-state index contributed by atoms with van der Waals surface area (Å²) < 4.78 is 11.6. The number of oxazole rings is 1. The molecule has 0 unspecified atom stereocenters. The Labute approximate surface area is 188 Å². The normalized spacial score (nSPS) is 17.5. The number of carbonyl (C=O) groups excluding carboxylic acids is 1. The minimum absolute atomic E-state index is 0.127. The Kier molecular flexibility index (Phi) is 6.18. The molecule has 2 fully saturated rings. The first-order valence-corrected chi connectivity index (χ1v) is 11.2. The molecule has 32 heavy (non-hydrogen) atoms. The van der Waals surface area contributed by atoms with Crippen molar-refractivity contribution in [1.29, 1.82) is 0 Å². The Balaban J connectivity index is 1.28. The van der Waals surface area contributed by atoms with E-state index in [-0.39, 0.29) is 6.03 Å². The van der Waals surface area contributed by atoms with Crippen LogP contribution in [-0.2, 0) is 11.3 Å². The second kappa shape index (κ2) is 9.54. The number of carbonyl (C=O) groups is 1. The van der Waals surface area contributed by atoms with Crippen LogP contribution in [0.4, 0.5) is 4.79 Å². The molecular weight excluding hydrogens is 404 g/mol. The van der Waals surface area contributed by atoms with E-state index >= 15 is 0 Å². The molecule has 0 N–H and O–H groups in total. The SMILES string of the molecule is O=C(N1CCOCC1)N1CCN(Cc2nc(-c3ccccc3)c(-c3ccccc3)o2)CC1. The Hall–Kier alpha value is -3.16. The summed E-state index contributed by atoms with van der Waals surface area (Å²) in [6.07, 6.45) is 0. The minimum atomic E-state index is 0.127. The maximum atomic E-state index is 12.7. The zero-order chi connectivity index (χ0) is 21.8. The number of nitrogens with zero attached hydrogens (tertiary/aromatic N) is 4. The predicted octanol–water partition coefficient (Wildman–Crippen LogP) is 3.58. The predicted molar refractivity (Wildman–Crippen MR) is 122 cm³/mol. The van der Waals surface area contributed by atoms with Crippen molar-refractivity contribution >= 4 is 6.03 Å². The number of benzene rings is 2. The van der Waals surface area contributed by atoms with E-state index < -0.39 is 0 Å². The van der Waals surface area contributed by atoms with Crippen molar-refractivity contribution in [3.05, 3.63) is 66.6 Å². The van der Waals surface area contributed by atoms with Crippen LogP contribution in [0.3, 0.4) is 0 Å². The summed E-state index contributed by atoms with van der Waals surface area (Å²) in [5, 5.41) is 0. The number of hydrogen-bond donors (Lipinski definition) is 0. The summed E-state index contributed by atoms with van der Waals surface area (Å²) >= 11 is 0. The number of aromatic nitrogens is 1. The van der Waals surface area contributed by atoms with E-state index in [2.05, 4.69) is 17.0 Å². The minimum Gasteiger partial charge on any atom is -0.439 e. The van der Waals surface area contributed by atoms with Gasteiger partial charge in [0.15, 0.2) is 5.76 Å². The standard InChI is InChI=1S/C25H28N4O3/c30-25(29-15-17-31-18-16-29)28-13-11-27(12-14-28)19-22-26-23(20-7-3-1-4-8-20)24(32-22)21-9-5-2-6-10-21/h1-10H,11-19H2. The molecule has 5 rings (SSSR count). The number of ether oxygens (including phenoxy) is 1. The van der Waals surface area contributed by atoms with Gasteiger partial charge in [-0.2, -0.15) is 0 Å². The van der Waals surface area contributed by atoms with E-state index in [9.17, 15) is 4.79 Å². The number of morpholine rings is 1. The van der Waals surface area contributed by atoms with Crippen molar-refractivity contribution in [3.8, 4) is 22.6 Å². The smallest absolute Gasteiger partial charge is 0.320 e. The summed E-state index contributed by atoms with van der Waals surface area (Å²) in [5.41, 5.74) is 2.93. The first kappa shape index (κ1) is 20.7. The lowest BCUT2D eigenvalue weighted by molar-refractivity contribution is 0.0368. The second-order valence-electron chi connectivity index (χ2n) is 8.16. The topological polar surface area (TPSA) is 62.1 Å². The molecule has 3 heterocycles. The zero-order valence-electron chi connectivity index (χ0n) is 18.2. The van der Waals surface area contributed by atoms with Gasteiger partial charge >= 0.3 is 6.03 Å². The third kappa shape index (κ3) is 4.54. The van der Waals surface area contributed by atoms with Gasteiger partial charge in [0, 0.05) is 50.4 Å². The molecule has 0 aliphatic carbocycles. The number of hydrogen-bond acceptors (Lipinski definition) is 5. The van der Waals surface area contributed by atoms with E-state index in [4.69, 9.17) is 14.1 Å². The van der Waals surface area contributed by atoms with E-state index in [1.54, 1.807) is 0 Å². The molecule has 0 spiro atoms. The first-order chi connectivity index (χ1) is 15.8. The molecule has 0 saturated carbocycles. The van der Waals surface area contributed by atoms with Crippen molar-refractivity contribution in [1.82, 2.24) is 19.7 Å². The molecule has 7 heteroatoms. The van der Waals surface area contributed by atoms with Crippen LogP contribution in [0.1, 0.15) is 5.89 Å². The lowest BCUT2D eigenvalue weighted by Gasteiger charge is -2.38. The highest BCUT2D eigenvalue weighted by Crippen LogP contribution is 2.33. The van der Waals surface area contributed by atoms with E-state index in [0.29, 0.717) is 51.8 Å². The number of piperazine rings is 1. The quantitative estimate of drug-likeness (QED) is 0.631. The largest absolute Gasteiger partial charge is 0.439 e. The van der Waals surface area contributed by atoms with Crippen LogP contribution in [0.15, 0.2) is 65.1 Å². The van der Waals surface area contributed by atoms with E-state index in [0.717, 1.165) is 35.7 Å². The van der Waals surface area contributed by atoms with Gasteiger partial charge < -0.3 is 19.0 Å². The van der Waals surface area contributed by atoms with Crippen LogP contribution in [0, 0.1) is 0 Å². The third-order valence-corrected chi connectivity index (χ3v) is 6.04. The second-order valence-corrected chi connectivity index (χ2v) is 8.16. The Bertz CT molecular complexity index is 967. The highest BCUT2D eigenvalue weighted by molar-refractivity contribution is 5.77. The highest BCUT2D eigenvalue weighted by Gasteiger charge is 2.27. The van der Waals surface area contributed by atoms with Crippen LogP contribution in [0.25, 0.3) is 22.6 Å². The molecular formula is C25H28N4O3. The maximum Gasteiger partial charge on any atom is 0.320 e. The fraction of sp³-hybridized carbons (Fsp3) is 0.360. The summed E-state index contributed by atoms with van der Waals surface area (Å²) in [4.78, 5) is 23.7. The fourth-order valence-electron chi connectivity index (χ4n) is 4.25. The van der Waals surface area contributed by atoms with Crippen molar-refractivity contribution < 1.29 is 13.9 Å². The van der Waals surface area contributed by atoms with E-state index in [1.807, 2.05) is 58.3 Å². The van der Waals surface area contributed by atoms with Crippen molar-refractivity contribution in [2.45, 2.75) is 6.54 Å². The Morgan fingerprint density at radius 2 is 1.38 bits per heavy atom. The first-order valence-electron chi connectivity index (χ1n) is 11.2. The monoisotopic (exact) mass is 432 g/mol. The molecule has 0 atom stereocenters. The molecule has 166 valence electrons. The van der Waals surface area contributed by atoms with Gasteiger partial charge in [-0.05, 0) is 0 Å². The fourth-order valence-corrected chi connectivity index (χ4v) is 4.25. The van der Waals surface area contributed by atoms with Gasteiger partial charge in [-0.3, -0.25) is 4.90 Å². The maximum absolute atomic E-state index is 12.7.